The Kier molecular flexibility index (Phi) is 6.33. The third-order valence-corrected chi connectivity index (χ3v) is 3.10. The zero-order valence-electron chi connectivity index (χ0n) is 17.1. The van der Waals surface area contributed by atoms with Gasteiger partial charge in [-0.2, -0.15) is 0 Å². The molecule has 28 heavy (non-hydrogen) atoms. The van der Waals surface area contributed by atoms with Crippen molar-refractivity contribution in [2.75, 3.05) is 0 Å². The first-order chi connectivity index (χ1) is 12.9. The van der Waals surface area contributed by atoms with Gasteiger partial charge in [0.2, 0.25) is 0 Å². The molecule has 0 saturated carbocycles. The molecule has 0 heterocycles. The maximum Gasteiger partial charge on any atom is 0.423 e. The predicted octanol–water partition coefficient (Wildman–Crippen LogP) is 4.55. The Balaban J connectivity index is 2.13. The highest BCUT2D eigenvalue weighted by atomic mass is 16.6. The number of esters is 2. The summed E-state index contributed by atoms with van der Waals surface area (Å²) >= 11 is 0. The van der Waals surface area contributed by atoms with Gasteiger partial charge in [0.05, 0.1) is 0 Å². The van der Waals surface area contributed by atoms with Crippen molar-refractivity contribution >= 4 is 11.9 Å². The van der Waals surface area contributed by atoms with E-state index < -0.39 is 23.1 Å². The number of hydrogen-bond acceptors (Lipinski definition) is 6. The van der Waals surface area contributed by atoms with E-state index in [0.29, 0.717) is 11.5 Å². The van der Waals surface area contributed by atoms with E-state index in [1.807, 2.05) is 41.5 Å². The number of ether oxygens (including phenoxy) is 4. The molecule has 0 aromatic heterocycles. The fraction of sp³-hybridized carbons (Fsp3) is 0.364. The second kappa shape index (κ2) is 8.33. The number of benzene rings is 2. The highest BCUT2D eigenvalue weighted by Crippen LogP contribution is 2.31. The van der Waals surface area contributed by atoms with Crippen LogP contribution in [-0.2, 0) is 9.59 Å². The minimum Gasteiger partial charge on any atom is -0.484 e. The van der Waals surface area contributed by atoms with Gasteiger partial charge in [-0.25, -0.2) is 9.59 Å². The van der Waals surface area contributed by atoms with Gasteiger partial charge >= 0.3 is 11.9 Å². The molecule has 6 nitrogen and oxygen atoms in total. The van der Waals surface area contributed by atoms with Gasteiger partial charge in [0, 0.05) is 0 Å². The fourth-order valence-corrected chi connectivity index (χ4v) is 2.18. The van der Waals surface area contributed by atoms with Crippen LogP contribution in [0.1, 0.15) is 41.5 Å². The summed E-state index contributed by atoms with van der Waals surface area (Å²) in [5, 5.41) is 0. The molecule has 0 amide bonds. The van der Waals surface area contributed by atoms with E-state index in [4.69, 9.17) is 18.9 Å². The third kappa shape index (κ3) is 6.61. The van der Waals surface area contributed by atoms with Gasteiger partial charge in [-0.3, -0.25) is 0 Å². The van der Waals surface area contributed by atoms with Crippen molar-refractivity contribution in [1.82, 2.24) is 0 Å². The predicted molar refractivity (Wildman–Crippen MR) is 105 cm³/mol. The lowest BCUT2D eigenvalue weighted by atomic mass is 10.2. The molecule has 2 rings (SSSR count). The van der Waals surface area contributed by atoms with Crippen LogP contribution in [0.3, 0.4) is 0 Å². The highest BCUT2D eigenvalue weighted by molar-refractivity contribution is 6.31. The molecule has 0 aliphatic carbocycles. The van der Waals surface area contributed by atoms with E-state index in [2.05, 4.69) is 0 Å². The molecule has 0 aliphatic rings. The third-order valence-electron chi connectivity index (χ3n) is 3.10. The van der Waals surface area contributed by atoms with E-state index in [1.165, 1.54) is 0 Å². The molecule has 0 N–H and O–H groups in total. The zero-order valence-corrected chi connectivity index (χ0v) is 17.1. The van der Waals surface area contributed by atoms with Crippen LogP contribution in [0.5, 0.6) is 23.0 Å². The SMILES string of the molecule is CC(C)(C)Oc1ccccc1OC(=O)C(=O)Oc1ccccc1OC(C)(C)C. The monoisotopic (exact) mass is 386 g/mol. The van der Waals surface area contributed by atoms with E-state index in [-0.39, 0.29) is 11.5 Å². The molecule has 2 aromatic carbocycles. The average Bonchev–Trinajstić information content (AvgIpc) is 2.55. The van der Waals surface area contributed by atoms with Crippen LogP contribution >= 0.6 is 0 Å². The van der Waals surface area contributed by atoms with Gasteiger partial charge in [0.1, 0.15) is 11.2 Å². The Hall–Kier alpha value is -3.02. The molecular weight excluding hydrogens is 360 g/mol. The summed E-state index contributed by atoms with van der Waals surface area (Å²) in [6, 6.07) is 13.3. The molecule has 0 aliphatic heterocycles. The molecule has 0 atom stereocenters. The van der Waals surface area contributed by atoms with Crippen molar-refractivity contribution in [3.05, 3.63) is 48.5 Å². The van der Waals surface area contributed by atoms with Gasteiger partial charge < -0.3 is 18.9 Å². The van der Waals surface area contributed by atoms with Gasteiger partial charge in [-0.1, -0.05) is 24.3 Å². The maximum atomic E-state index is 12.2. The number of rotatable bonds is 4. The second-order valence-electron chi connectivity index (χ2n) is 8.10. The van der Waals surface area contributed by atoms with Crippen LogP contribution < -0.4 is 18.9 Å². The van der Waals surface area contributed by atoms with Crippen molar-refractivity contribution in [3.63, 3.8) is 0 Å². The van der Waals surface area contributed by atoms with E-state index in [9.17, 15) is 9.59 Å². The van der Waals surface area contributed by atoms with Crippen LogP contribution in [0.15, 0.2) is 48.5 Å². The lowest BCUT2D eigenvalue weighted by Gasteiger charge is -2.23. The van der Waals surface area contributed by atoms with Crippen LogP contribution in [0.25, 0.3) is 0 Å². The van der Waals surface area contributed by atoms with Crippen LogP contribution in [0.2, 0.25) is 0 Å². The smallest absolute Gasteiger partial charge is 0.423 e. The molecule has 2 aromatic rings. The van der Waals surface area contributed by atoms with Crippen molar-refractivity contribution < 1.29 is 28.5 Å². The Morgan fingerprint density at radius 1 is 0.571 bits per heavy atom. The van der Waals surface area contributed by atoms with E-state index in [0.717, 1.165) is 0 Å². The molecule has 0 fully saturated rings. The number of carbonyl (C=O) groups is 2. The highest BCUT2D eigenvalue weighted by Gasteiger charge is 2.24. The van der Waals surface area contributed by atoms with Gasteiger partial charge in [-0.05, 0) is 65.8 Å². The summed E-state index contributed by atoms with van der Waals surface area (Å²) in [7, 11) is 0. The molecular formula is C22H26O6. The van der Waals surface area contributed by atoms with Gasteiger partial charge in [-0.15, -0.1) is 0 Å². The summed E-state index contributed by atoms with van der Waals surface area (Å²) in [4.78, 5) is 24.5. The first kappa shape index (κ1) is 21.3. The number of para-hydroxylation sites is 4. The summed E-state index contributed by atoms with van der Waals surface area (Å²) in [5.41, 5.74) is -0.988. The summed E-state index contributed by atoms with van der Waals surface area (Å²) in [5.74, 6) is -1.33. The normalized spacial score (nSPS) is 11.5. The Bertz CT molecular complexity index is 771. The Labute approximate surface area is 165 Å². The standard InChI is InChI=1S/C22H26O6/c1-21(2,3)27-17-13-9-7-11-15(17)25-19(23)20(24)26-16-12-8-10-14-18(16)28-22(4,5)6/h7-14H,1-6H3. The van der Waals surface area contributed by atoms with Crippen molar-refractivity contribution in [3.8, 4) is 23.0 Å². The minimum atomic E-state index is -1.16. The fourth-order valence-electron chi connectivity index (χ4n) is 2.18. The Morgan fingerprint density at radius 3 is 1.14 bits per heavy atom. The van der Waals surface area contributed by atoms with Crippen LogP contribution in [0, 0.1) is 0 Å². The number of hydrogen-bond donors (Lipinski definition) is 0. The minimum absolute atomic E-state index is 0.138. The first-order valence-corrected chi connectivity index (χ1v) is 8.95. The molecule has 6 heteroatoms. The molecule has 0 spiro atoms. The van der Waals surface area contributed by atoms with Gasteiger partial charge in [0.25, 0.3) is 0 Å². The van der Waals surface area contributed by atoms with Crippen molar-refractivity contribution in [2.24, 2.45) is 0 Å². The van der Waals surface area contributed by atoms with Crippen molar-refractivity contribution in [2.45, 2.75) is 52.7 Å². The summed E-state index contributed by atoms with van der Waals surface area (Å²) in [6.45, 7) is 11.2. The van der Waals surface area contributed by atoms with E-state index >= 15 is 0 Å². The molecule has 150 valence electrons. The largest absolute Gasteiger partial charge is 0.484 e. The summed E-state index contributed by atoms with van der Waals surface area (Å²) < 4.78 is 21.9. The molecule has 0 unspecified atom stereocenters. The average molecular weight is 386 g/mol. The van der Waals surface area contributed by atoms with E-state index in [1.54, 1.807) is 48.5 Å². The molecule has 0 saturated heterocycles. The lowest BCUT2D eigenvalue weighted by molar-refractivity contribution is -0.156. The molecule has 0 bridgehead atoms. The number of carbonyl (C=O) groups excluding carboxylic acids is 2. The topological polar surface area (TPSA) is 71.1 Å². The lowest BCUT2D eigenvalue weighted by Crippen LogP contribution is -2.28. The zero-order chi connectivity index (χ0) is 20.9. The maximum absolute atomic E-state index is 12.2. The first-order valence-electron chi connectivity index (χ1n) is 8.95. The second-order valence-corrected chi connectivity index (χ2v) is 8.10. The van der Waals surface area contributed by atoms with Gasteiger partial charge in [0.15, 0.2) is 23.0 Å². The van der Waals surface area contributed by atoms with Crippen LogP contribution in [-0.4, -0.2) is 23.1 Å². The molecule has 0 radical (unpaired) electrons. The van der Waals surface area contributed by atoms with Crippen LogP contribution in [0.4, 0.5) is 0 Å². The quantitative estimate of drug-likeness (QED) is 0.436. The van der Waals surface area contributed by atoms with Crippen molar-refractivity contribution in [1.29, 1.82) is 0 Å². The Morgan fingerprint density at radius 2 is 0.857 bits per heavy atom. The summed E-state index contributed by atoms with van der Waals surface area (Å²) in [6.07, 6.45) is 0.